The van der Waals surface area contributed by atoms with Gasteiger partial charge in [0.15, 0.2) is 6.61 Å². The van der Waals surface area contributed by atoms with Gasteiger partial charge in [-0.3, -0.25) is 9.59 Å². The zero-order valence-corrected chi connectivity index (χ0v) is 25.5. The minimum absolute atomic E-state index is 0.0175. The molecule has 0 saturated carbocycles. The lowest BCUT2D eigenvalue weighted by Gasteiger charge is -2.40. The molecule has 5 nitrogen and oxygen atoms in total. The zero-order chi connectivity index (χ0) is 32.1. The summed E-state index contributed by atoms with van der Waals surface area (Å²) >= 11 is 0. The Morgan fingerprint density at radius 1 is 0.857 bits per heavy atom. The molecule has 0 unspecified atom stereocenters. The Balaban J connectivity index is 0.000000889. The lowest BCUT2D eigenvalue weighted by atomic mass is 9.93. The van der Waals surface area contributed by atoms with E-state index in [-0.39, 0.29) is 24.2 Å². The summed E-state index contributed by atoms with van der Waals surface area (Å²) in [5.74, 6) is -0.307. The number of ether oxygens (including phenoxy) is 2. The summed E-state index contributed by atoms with van der Waals surface area (Å²) < 4.78 is 56.5. The van der Waals surface area contributed by atoms with E-state index in [0.29, 0.717) is 13.0 Å². The molecule has 3 aromatic carbocycles. The number of β-lactam (4-membered cyclic amide) rings is 1. The monoisotopic (exact) mass is 593 g/mol. The van der Waals surface area contributed by atoms with E-state index in [4.69, 9.17) is 4.74 Å². The Kier molecular flexibility index (Phi) is 19.0. The standard InChI is InChI=1S/C22H18FNO2.C5H7F3O2.3C2H6/c23-18-8-10-19(11-9-18)24-21(14-22(24)25)17-6-12-20(13-7-17)26-15-16-4-2-1-3-5-16;1-2-4(9)10-3-5(6,7)8;3*1-2/h1-13,21H,14-15H2;2-3H2,1H3;3*1-2H3/t21-;;;;/m0..../s1. The van der Waals surface area contributed by atoms with Gasteiger partial charge in [-0.25, -0.2) is 4.39 Å². The number of halogens is 4. The number of carbonyl (C=O) groups excluding carboxylic acids is 2. The van der Waals surface area contributed by atoms with Crippen molar-refractivity contribution in [2.45, 2.75) is 80.1 Å². The Morgan fingerprint density at radius 3 is 1.88 bits per heavy atom. The molecule has 0 bridgehead atoms. The predicted octanol–water partition coefficient (Wildman–Crippen LogP) is 9.46. The first-order chi connectivity index (χ1) is 20.2. The number of anilines is 1. The summed E-state index contributed by atoms with van der Waals surface area (Å²) in [6.45, 7) is 12.5. The van der Waals surface area contributed by atoms with Crippen LogP contribution in [0, 0.1) is 5.82 Å². The highest BCUT2D eigenvalue weighted by Crippen LogP contribution is 2.39. The first-order valence-corrected chi connectivity index (χ1v) is 14.2. The maximum Gasteiger partial charge on any atom is 0.422 e. The molecule has 4 rings (SSSR count). The van der Waals surface area contributed by atoms with Crippen LogP contribution in [0.3, 0.4) is 0 Å². The van der Waals surface area contributed by atoms with Crippen molar-refractivity contribution >= 4 is 17.6 Å². The van der Waals surface area contributed by atoms with Crippen LogP contribution in [0.25, 0.3) is 0 Å². The van der Waals surface area contributed by atoms with Crippen molar-refractivity contribution in [3.8, 4) is 5.75 Å². The molecule has 1 saturated heterocycles. The van der Waals surface area contributed by atoms with E-state index in [1.165, 1.54) is 19.1 Å². The first-order valence-electron chi connectivity index (χ1n) is 14.2. The van der Waals surface area contributed by atoms with Crippen molar-refractivity contribution in [2.24, 2.45) is 0 Å². The van der Waals surface area contributed by atoms with Crippen molar-refractivity contribution < 1.29 is 36.6 Å². The quantitative estimate of drug-likeness (QED) is 0.156. The molecule has 1 aliphatic heterocycles. The highest BCUT2D eigenvalue weighted by molar-refractivity contribution is 6.01. The Labute approximate surface area is 247 Å². The minimum Gasteiger partial charge on any atom is -0.489 e. The SMILES string of the molecule is CC.CC.CC.CCC(=O)OCC(F)(F)F.O=C1C[C@@H](c2ccc(OCc3ccccc3)cc2)N1c1ccc(F)cc1. The minimum atomic E-state index is -4.41. The number of rotatable bonds is 7. The molecule has 232 valence electrons. The predicted molar refractivity (Wildman–Crippen MR) is 160 cm³/mol. The summed E-state index contributed by atoms with van der Waals surface area (Å²) in [5.41, 5.74) is 2.88. The number of nitrogens with zero attached hydrogens (tertiary/aromatic N) is 1. The van der Waals surface area contributed by atoms with Gasteiger partial charge >= 0.3 is 12.1 Å². The van der Waals surface area contributed by atoms with Crippen molar-refractivity contribution in [1.29, 1.82) is 0 Å². The second-order valence-corrected chi connectivity index (χ2v) is 7.93. The number of amides is 1. The first kappa shape index (κ1) is 38.1. The molecule has 0 spiro atoms. The fraction of sp³-hybridized carbons (Fsp3) is 0.394. The Hall–Kier alpha value is -3.88. The van der Waals surface area contributed by atoms with Crippen LogP contribution in [0.4, 0.5) is 23.2 Å². The van der Waals surface area contributed by atoms with Gasteiger partial charge in [-0.05, 0) is 47.5 Å². The van der Waals surface area contributed by atoms with Crippen LogP contribution in [-0.4, -0.2) is 24.7 Å². The molecule has 1 amide bonds. The van der Waals surface area contributed by atoms with Gasteiger partial charge in [0, 0.05) is 12.1 Å². The summed E-state index contributed by atoms with van der Waals surface area (Å²) in [4.78, 5) is 23.9. The normalized spacial score (nSPS) is 13.2. The fourth-order valence-corrected chi connectivity index (χ4v) is 3.40. The molecular weight excluding hydrogens is 550 g/mol. The third-order valence-corrected chi connectivity index (χ3v) is 5.25. The molecule has 0 aliphatic carbocycles. The van der Waals surface area contributed by atoms with Crippen molar-refractivity contribution in [3.05, 3.63) is 95.8 Å². The summed E-state index contributed by atoms with van der Waals surface area (Å²) in [7, 11) is 0. The fourth-order valence-electron chi connectivity index (χ4n) is 3.40. The smallest absolute Gasteiger partial charge is 0.422 e. The van der Waals surface area contributed by atoms with Gasteiger partial charge in [0.1, 0.15) is 18.2 Å². The Bertz CT molecular complexity index is 1140. The molecule has 1 fully saturated rings. The van der Waals surface area contributed by atoms with Gasteiger partial charge in [-0.15, -0.1) is 0 Å². The lowest BCUT2D eigenvalue weighted by molar-refractivity contribution is -0.186. The summed E-state index contributed by atoms with van der Waals surface area (Å²) in [6, 6.07) is 23.8. The number of hydrogen-bond acceptors (Lipinski definition) is 4. The number of benzene rings is 3. The molecule has 1 heterocycles. The largest absolute Gasteiger partial charge is 0.489 e. The van der Waals surface area contributed by atoms with Crippen molar-refractivity contribution in [2.75, 3.05) is 11.5 Å². The second-order valence-electron chi connectivity index (χ2n) is 7.93. The third kappa shape index (κ3) is 13.7. The number of esters is 1. The maximum absolute atomic E-state index is 13.1. The molecule has 0 radical (unpaired) electrons. The van der Waals surface area contributed by atoms with Crippen LogP contribution < -0.4 is 9.64 Å². The van der Waals surface area contributed by atoms with Gasteiger partial charge in [0.05, 0.1) is 12.5 Å². The van der Waals surface area contributed by atoms with E-state index in [1.54, 1.807) is 17.0 Å². The number of hydrogen-bond donors (Lipinski definition) is 0. The molecule has 1 atom stereocenters. The number of carbonyl (C=O) groups is 2. The van der Waals surface area contributed by atoms with E-state index < -0.39 is 18.8 Å². The van der Waals surface area contributed by atoms with Gasteiger partial charge in [0.25, 0.3) is 0 Å². The van der Waals surface area contributed by atoms with Crippen LogP contribution in [-0.2, 0) is 20.9 Å². The van der Waals surface area contributed by atoms with Crippen LogP contribution in [0.2, 0.25) is 0 Å². The van der Waals surface area contributed by atoms with Crippen molar-refractivity contribution in [3.63, 3.8) is 0 Å². The second kappa shape index (κ2) is 20.9. The average molecular weight is 594 g/mol. The van der Waals surface area contributed by atoms with Gasteiger partial charge in [-0.1, -0.05) is 90.9 Å². The van der Waals surface area contributed by atoms with Crippen LogP contribution in [0.5, 0.6) is 5.75 Å². The summed E-state index contributed by atoms with van der Waals surface area (Å²) in [6.07, 6.45) is -3.98. The number of alkyl halides is 3. The van der Waals surface area contributed by atoms with Crippen molar-refractivity contribution in [1.82, 2.24) is 0 Å². The molecule has 9 heteroatoms. The Morgan fingerprint density at radius 2 is 1.40 bits per heavy atom. The van der Waals surface area contributed by atoms with E-state index in [2.05, 4.69) is 4.74 Å². The highest BCUT2D eigenvalue weighted by Gasteiger charge is 2.38. The van der Waals surface area contributed by atoms with Crippen LogP contribution in [0.15, 0.2) is 78.9 Å². The third-order valence-electron chi connectivity index (χ3n) is 5.25. The molecular formula is C33H43F4NO4. The lowest BCUT2D eigenvalue weighted by Crippen LogP contribution is -2.46. The molecule has 0 N–H and O–H groups in total. The topological polar surface area (TPSA) is 55.8 Å². The van der Waals surface area contributed by atoms with Gasteiger partial charge in [0.2, 0.25) is 5.91 Å². The van der Waals surface area contributed by atoms with Crippen LogP contribution >= 0.6 is 0 Å². The van der Waals surface area contributed by atoms with Gasteiger partial charge < -0.3 is 14.4 Å². The molecule has 3 aromatic rings. The van der Waals surface area contributed by atoms with E-state index >= 15 is 0 Å². The zero-order valence-electron chi connectivity index (χ0n) is 25.5. The maximum atomic E-state index is 13.1. The van der Waals surface area contributed by atoms with E-state index in [1.807, 2.05) is 96.1 Å². The molecule has 0 aromatic heterocycles. The average Bonchev–Trinajstić information content (AvgIpc) is 3.02. The summed E-state index contributed by atoms with van der Waals surface area (Å²) in [5, 5.41) is 0. The van der Waals surface area contributed by atoms with Crippen LogP contribution in [0.1, 0.15) is 78.5 Å². The van der Waals surface area contributed by atoms with Gasteiger partial charge in [-0.2, -0.15) is 13.2 Å². The van der Waals surface area contributed by atoms with E-state index in [0.717, 1.165) is 22.6 Å². The molecule has 1 aliphatic rings. The highest BCUT2D eigenvalue weighted by atomic mass is 19.4. The molecule has 42 heavy (non-hydrogen) atoms. The van der Waals surface area contributed by atoms with E-state index in [9.17, 15) is 27.2 Å².